The van der Waals surface area contributed by atoms with Crippen molar-refractivity contribution in [1.29, 1.82) is 0 Å². The lowest BCUT2D eigenvalue weighted by molar-refractivity contribution is -0.164. The van der Waals surface area contributed by atoms with Gasteiger partial charge in [0.05, 0.1) is 16.8 Å². The van der Waals surface area contributed by atoms with Gasteiger partial charge in [0, 0.05) is 11.8 Å². The van der Waals surface area contributed by atoms with Gasteiger partial charge in [-0.15, -0.1) is 0 Å². The second-order valence-electron chi connectivity index (χ2n) is 13.6. The van der Waals surface area contributed by atoms with E-state index in [0.29, 0.717) is 28.1 Å². The minimum absolute atomic E-state index is 0.184. The molecule has 262 valence electrons. The minimum Gasteiger partial charge on any atom is -0.447 e. The van der Waals surface area contributed by atoms with Crippen LogP contribution in [0.4, 0.5) is 18.0 Å². The number of amides is 2. The molecule has 2 aliphatic rings. The van der Waals surface area contributed by atoms with Crippen molar-refractivity contribution < 1.29 is 27.5 Å². The summed E-state index contributed by atoms with van der Waals surface area (Å²) in [6, 6.07) is 15.4. The zero-order valence-corrected chi connectivity index (χ0v) is 28.0. The summed E-state index contributed by atoms with van der Waals surface area (Å²) >= 11 is 6.48. The van der Waals surface area contributed by atoms with Crippen LogP contribution in [0.15, 0.2) is 83.1 Å². The quantitative estimate of drug-likeness (QED) is 0.203. The molecular formula is C34H34ClF3N8O4. The largest absolute Gasteiger partial charge is 0.447 e. The van der Waals surface area contributed by atoms with Crippen LogP contribution in [0.5, 0.6) is 0 Å². The number of aromatic nitrogens is 4. The van der Waals surface area contributed by atoms with Crippen molar-refractivity contribution in [2.24, 2.45) is 16.1 Å². The number of pyridine rings is 1. The highest BCUT2D eigenvalue weighted by Gasteiger charge is 2.64. The Morgan fingerprint density at radius 2 is 1.82 bits per heavy atom. The molecule has 12 nitrogen and oxygen atoms in total. The Labute approximate surface area is 289 Å². The summed E-state index contributed by atoms with van der Waals surface area (Å²) in [4.78, 5) is 52.3. The molecule has 0 spiro atoms. The molecule has 4 aromatic rings. The molecule has 1 fully saturated rings. The standard InChI is InChI=1S/C34H34ClF3N8O4/c1-31(2,3)17-33(22-10-7-20(8-11-22)24-5-4-6-27(47)42-24)28(48)46(29(39)43-33)26(16-50-30(49)44-32(13-14-32)34(36,37)38)21-9-12-23(35)25(15-21)45-19-40-18-41-45/h4-12,15,18-19,26H,13-14,16-17H2,1-3H3,(H2,39,43)(H,42,47)(H,44,49)/t26-,33-/m1/s1. The Hall–Kier alpha value is -5.18. The number of hydrogen-bond acceptors (Lipinski definition) is 8. The summed E-state index contributed by atoms with van der Waals surface area (Å²) < 4.78 is 47.6. The number of ether oxygens (including phenoxy) is 1. The van der Waals surface area contributed by atoms with Crippen LogP contribution >= 0.6 is 11.6 Å². The molecule has 4 N–H and O–H groups in total. The zero-order valence-electron chi connectivity index (χ0n) is 27.3. The van der Waals surface area contributed by atoms with E-state index in [1.165, 1.54) is 28.3 Å². The van der Waals surface area contributed by atoms with Crippen LogP contribution in [0.3, 0.4) is 0 Å². The number of alkyl carbamates (subject to hydrolysis) is 1. The normalized spacial score (nSPS) is 19.2. The Morgan fingerprint density at radius 1 is 1.10 bits per heavy atom. The van der Waals surface area contributed by atoms with E-state index in [1.54, 1.807) is 54.6 Å². The molecule has 0 radical (unpaired) electrons. The number of aliphatic imine (C=N–C) groups is 1. The number of H-pyrrole nitrogens is 1. The number of hydrogen-bond donors (Lipinski definition) is 3. The third-order valence-corrected chi connectivity index (χ3v) is 9.01. The number of benzene rings is 2. The number of aromatic amines is 1. The number of alkyl halides is 3. The number of nitrogens with one attached hydrogen (secondary N) is 2. The molecule has 50 heavy (non-hydrogen) atoms. The maximum absolute atomic E-state index is 14.9. The number of nitrogens with two attached hydrogens (primary N) is 1. The van der Waals surface area contributed by atoms with Crippen molar-refractivity contribution in [3.8, 4) is 16.9 Å². The van der Waals surface area contributed by atoms with Crippen molar-refractivity contribution in [2.75, 3.05) is 6.61 Å². The Bertz CT molecular complexity index is 2000. The highest BCUT2D eigenvalue weighted by molar-refractivity contribution is 6.32. The van der Waals surface area contributed by atoms with Crippen LogP contribution in [0.25, 0.3) is 16.9 Å². The summed E-state index contributed by atoms with van der Waals surface area (Å²) in [7, 11) is 0. The summed E-state index contributed by atoms with van der Waals surface area (Å²) in [5.41, 5.74) is 4.52. The van der Waals surface area contributed by atoms with Crippen LogP contribution in [-0.4, -0.2) is 60.9 Å². The monoisotopic (exact) mass is 710 g/mol. The number of rotatable bonds is 9. The lowest BCUT2D eigenvalue weighted by Crippen LogP contribution is -2.50. The molecular weight excluding hydrogens is 677 g/mol. The van der Waals surface area contributed by atoms with E-state index in [1.807, 2.05) is 26.1 Å². The summed E-state index contributed by atoms with van der Waals surface area (Å²) in [5, 5.41) is 6.36. The first-order chi connectivity index (χ1) is 23.5. The van der Waals surface area contributed by atoms with Gasteiger partial charge in [-0.3, -0.25) is 14.5 Å². The fraction of sp³-hybridized carbons (Fsp3) is 0.353. The van der Waals surface area contributed by atoms with E-state index in [0.717, 1.165) is 0 Å². The molecule has 2 amide bonds. The van der Waals surface area contributed by atoms with Crippen LogP contribution in [0, 0.1) is 5.41 Å². The van der Waals surface area contributed by atoms with Crippen molar-refractivity contribution in [2.45, 2.75) is 63.3 Å². The summed E-state index contributed by atoms with van der Waals surface area (Å²) in [6.07, 6.45) is -3.57. The maximum Gasteiger partial charge on any atom is 0.411 e. The van der Waals surface area contributed by atoms with Gasteiger partial charge >= 0.3 is 12.3 Å². The van der Waals surface area contributed by atoms with Gasteiger partial charge in [0.2, 0.25) is 5.56 Å². The first-order valence-corrected chi connectivity index (χ1v) is 16.1. The second kappa shape index (κ2) is 12.6. The fourth-order valence-corrected chi connectivity index (χ4v) is 6.38. The van der Waals surface area contributed by atoms with Crippen LogP contribution < -0.4 is 16.6 Å². The predicted octanol–water partition coefficient (Wildman–Crippen LogP) is 5.63. The predicted molar refractivity (Wildman–Crippen MR) is 178 cm³/mol. The number of halogens is 4. The van der Waals surface area contributed by atoms with Crippen molar-refractivity contribution in [1.82, 2.24) is 30.0 Å². The lowest BCUT2D eigenvalue weighted by atomic mass is 9.75. The van der Waals surface area contributed by atoms with Crippen molar-refractivity contribution in [3.05, 3.63) is 99.8 Å². The number of carbonyl (C=O) groups excluding carboxylic acids is 2. The first-order valence-electron chi connectivity index (χ1n) is 15.7. The van der Waals surface area contributed by atoms with Gasteiger partial charge < -0.3 is 20.8 Å². The topological polar surface area (TPSA) is 161 Å². The average molecular weight is 711 g/mol. The highest BCUT2D eigenvalue weighted by Crippen LogP contribution is 2.49. The molecule has 0 bridgehead atoms. The van der Waals surface area contributed by atoms with Gasteiger partial charge in [0.25, 0.3) is 5.91 Å². The van der Waals surface area contributed by atoms with Crippen LogP contribution in [0.1, 0.15) is 57.2 Å². The molecule has 6 rings (SSSR count). The minimum atomic E-state index is -4.66. The third kappa shape index (κ3) is 6.69. The van der Waals surface area contributed by atoms with E-state index < -0.39 is 47.3 Å². The molecule has 1 aliphatic carbocycles. The fourth-order valence-electron chi connectivity index (χ4n) is 6.17. The van der Waals surface area contributed by atoms with E-state index in [9.17, 15) is 27.6 Å². The van der Waals surface area contributed by atoms with Gasteiger partial charge in [-0.2, -0.15) is 18.3 Å². The molecule has 2 aromatic carbocycles. The van der Waals surface area contributed by atoms with E-state index in [4.69, 9.17) is 27.1 Å². The van der Waals surface area contributed by atoms with E-state index in [-0.39, 0.29) is 35.8 Å². The summed E-state index contributed by atoms with van der Waals surface area (Å²) in [6.45, 7) is 5.26. The molecule has 1 saturated carbocycles. The molecule has 0 saturated heterocycles. The Morgan fingerprint density at radius 3 is 2.42 bits per heavy atom. The van der Waals surface area contributed by atoms with Crippen LogP contribution in [-0.2, 0) is 15.1 Å². The van der Waals surface area contributed by atoms with Crippen molar-refractivity contribution >= 4 is 29.6 Å². The van der Waals surface area contributed by atoms with Gasteiger partial charge in [-0.1, -0.05) is 68.8 Å². The molecule has 2 atom stereocenters. The maximum atomic E-state index is 14.9. The first kappa shape index (κ1) is 34.7. The molecule has 16 heteroatoms. The molecule has 0 unspecified atom stereocenters. The second-order valence-corrected chi connectivity index (χ2v) is 14.0. The van der Waals surface area contributed by atoms with Gasteiger partial charge in [-0.25, -0.2) is 19.5 Å². The summed E-state index contributed by atoms with van der Waals surface area (Å²) in [5.74, 6) is -0.720. The SMILES string of the molecule is CC(C)(C)C[C@]1(c2ccc(-c3cccc(=O)[nH]3)cc2)N=C(N)N([C@H](COC(=O)NC2(C(F)(F)F)CC2)c2ccc(Cl)c(-n3cncn3)c2)C1=O. The average Bonchev–Trinajstić information content (AvgIpc) is 3.55. The van der Waals surface area contributed by atoms with Gasteiger partial charge in [0.15, 0.2) is 11.5 Å². The van der Waals surface area contributed by atoms with Crippen molar-refractivity contribution in [3.63, 3.8) is 0 Å². The number of guanidine groups is 1. The molecule has 2 aromatic heterocycles. The Balaban J connectivity index is 1.39. The highest BCUT2D eigenvalue weighted by atomic mass is 35.5. The zero-order chi connectivity index (χ0) is 36.1. The smallest absolute Gasteiger partial charge is 0.411 e. The van der Waals surface area contributed by atoms with Gasteiger partial charge in [0.1, 0.15) is 24.8 Å². The number of nitrogens with zero attached hydrogens (tertiary/aromatic N) is 5. The number of carbonyl (C=O) groups is 2. The molecule has 1 aliphatic heterocycles. The molecule has 3 heterocycles. The Kier molecular flexibility index (Phi) is 8.75. The van der Waals surface area contributed by atoms with E-state index >= 15 is 0 Å². The van der Waals surface area contributed by atoms with E-state index in [2.05, 4.69) is 15.1 Å². The lowest BCUT2D eigenvalue weighted by Gasteiger charge is -2.35. The van der Waals surface area contributed by atoms with Gasteiger partial charge in [-0.05, 0) is 59.6 Å². The van der Waals surface area contributed by atoms with Crippen LogP contribution in [0.2, 0.25) is 5.02 Å². The third-order valence-electron chi connectivity index (χ3n) is 8.69.